The van der Waals surface area contributed by atoms with E-state index < -0.39 is 17.7 Å². The quantitative estimate of drug-likeness (QED) is 0.438. The minimum Gasteiger partial charge on any atom is -0.507 e. The lowest BCUT2D eigenvalue weighted by Gasteiger charge is -2.35. The fourth-order valence-electron chi connectivity index (χ4n) is 4.63. The average Bonchev–Trinajstić information content (AvgIpc) is 3.09. The molecule has 162 valence electrons. The van der Waals surface area contributed by atoms with E-state index in [2.05, 4.69) is 0 Å². The number of ketones is 1. The van der Waals surface area contributed by atoms with Crippen LogP contribution in [0.5, 0.6) is 11.5 Å². The molecule has 31 heavy (non-hydrogen) atoms. The van der Waals surface area contributed by atoms with Crippen molar-refractivity contribution in [2.45, 2.75) is 44.2 Å². The average molecular weight is 421 g/mol. The Bertz CT molecular complexity index is 1000. The molecule has 0 bridgehead atoms. The second-order valence-corrected chi connectivity index (χ2v) is 8.00. The molecular weight excluding hydrogens is 394 g/mol. The molecule has 0 spiro atoms. The summed E-state index contributed by atoms with van der Waals surface area (Å²) in [6.45, 7) is 0. The van der Waals surface area contributed by atoms with Crippen LogP contribution in [0.3, 0.4) is 0 Å². The first-order chi connectivity index (χ1) is 15.0. The lowest BCUT2D eigenvalue weighted by Crippen LogP contribution is -2.40. The van der Waals surface area contributed by atoms with Gasteiger partial charge in [0, 0.05) is 11.6 Å². The summed E-state index contributed by atoms with van der Waals surface area (Å²) in [6, 6.07) is 13.5. The first-order valence-corrected chi connectivity index (χ1v) is 10.6. The molecule has 2 fully saturated rings. The van der Waals surface area contributed by atoms with Crippen LogP contribution >= 0.6 is 0 Å². The van der Waals surface area contributed by atoms with Crippen molar-refractivity contribution < 1.29 is 24.2 Å². The predicted octanol–water partition coefficient (Wildman–Crippen LogP) is 4.46. The number of hydrogen-bond donors (Lipinski definition) is 1. The molecule has 1 unspecified atom stereocenters. The molecule has 1 aliphatic heterocycles. The molecule has 1 amide bonds. The zero-order valence-electron chi connectivity index (χ0n) is 17.8. The highest BCUT2D eigenvalue weighted by molar-refractivity contribution is 6.46. The van der Waals surface area contributed by atoms with E-state index in [-0.39, 0.29) is 17.4 Å². The van der Waals surface area contributed by atoms with Gasteiger partial charge >= 0.3 is 0 Å². The van der Waals surface area contributed by atoms with Crippen LogP contribution in [0.15, 0.2) is 54.1 Å². The number of rotatable bonds is 5. The molecule has 1 aliphatic carbocycles. The summed E-state index contributed by atoms with van der Waals surface area (Å²) in [5, 5.41) is 11.2. The summed E-state index contributed by atoms with van der Waals surface area (Å²) in [6.07, 6.45) is 4.91. The van der Waals surface area contributed by atoms with Crippen molar-refractivity contribution >= 4 is 17.4 Å². The smallest absolute Gasteiger partial charge is 0.295 e. The molecule has 0 aromatic heterocycles. The molecule has 1 heterocycles. The molecule has 2 aliphatic rings. The van der Waals surface area contributed by atoms with Crippen molar-refractivity contribution in [3.8, 4) is 11.5 Å². The Morgan fingerprint density at radius 3 is 2.26 bits per heavy atom. The molecule has 6 nitrogen and oxygen atoms in total. The fourth-order valence-corrected chi connectivity index (χ4v) is 4.63. The molecular formula is C25H27NO5. The summed E-state index contributed by atoms with van der Waals surface area (Å²) in [5.74, 6) is -0.127. The molecule has 6 heteroatoms. The van der Waals surface area contributed by atoms with Crippen LogP contribution in [0.2, 0.25) is 0 Å². The highest BCUT2D eigenvalue weighted by atomic mass is 16.5. The Kier molecular flexibility index (Phi) is 5.98. The molecule has 2 aromatic rings. The number of aliphatic hydroxyl groups is 1. The summed E-state index contributed by atoms with van der Waals surface area (Å²) in [5.41, 5.74) is 1.34. The summed E-state index contributed by atoms with van der Waals surface area (Å²) < 4.78 is 10.5. The van der Waals surface area contributed by atoms with Crippen molar-refractivity contribution in [1.29, 1.82) is 0 Å². The van der Waals surface area contributed by atoms with E-state index in [1.165, 1.54) is 0 Å². The van der Waals surface area contributed by atoms with Gasteiger partial charge in [-0.15, -0.1) is 0 Å². The van der Waals surface area contributed by atoms with Crippen LogP contribution in [0.25, 0.3) is 5.76 Å². The van der Waals surface area contributed by atoms with Gasteiger partial charge in [-0.05, 0) is 42.7 Å². The van der Waals surface area contributed by atoms with Gasteiger partial charge in [-0.3, -0.25) is 9.59 Å². The van der Waals surface area contributed by atoms with Gasteiger partial charge in [0.1, 0.15) is 17.3 Å². The Labute approximate surface area is 182 Å². The number of likely N-dealkylation sites (tertiary alicyclic amines) is 1. The third-order valence-electron chi connectivity index (χ3n) is 6.22. The number of ether oxygens (including phenoxy) is 2. The maximum atomic E-state index is 13.2. The summed E-state index contributed by atoms with van der Waals surface area (Å²) in [7, 11) is 3.13. The fraction of sp³-hybridized carbons (Fsp3) is 0.360. The highest BCUT2D eigenvalue weighted by Crippen LogP contribution is 2.43. The molecule has 1 N–H and O–H groups in total. The largest absolute Gasteiger partial charge is 0.507 e. The lowest BCUT2D eigenvalue weighted by atomic mass is 9.91. The van der Waals surface area contributed by atoms with Crippen LogP contribution in [0.1, 0.15) is 49.3 Å². The van der Waals surface area contributed by atoms with Gasteiger partial charge in [0.2, 0.25) is 0 Å². The maximum absolute atomic E-state index is 13.2. The van der Waals surface area contributed by atoms with E-state index in [4.69, 9.17) is 9.47 Å². The van der Waals surface area contributed by atoms with E-state index in [0.717, 1.165) is 37.7 Å². The van der Waals surface area contributed by atoms with Gasteiger partial charge in [0.15, 0.2) is 0 Å². The van der Waals surface area contributed by atoms with Gasteiger partial charge < -0.3 is 19.5 Å². The number of Topliss-reactive ketones (excluding diaryl/α,β-unsaturated/α-hetero) is 1. The van der Waals surface area contributed by atoms with Crippen LogP contribution < -0.4 is 9.47 Å². The van der Waals surface area contributed by atoms with Crippen molar-refractivity contribution in [3.63, 3.8) is 0 Å². The Morgan fingerprint density at radius 1 is 0.935 bits per heavy atom. The summed E-state index contributed by atoms with van der Waals surface area (Å²) >= 11 is 0. The Morgan fingerprint density at radius 2 is 1.61 bits per heavy atom. The SMILES string of the molecule is COc1ccc(C2/C(=C(/O)c3cccc(OC)c3)C(=O)C(=O)N2C2CCCCC2)cc1. The maximum Gasteiger partial charge on any atom is 0.295 e. The standard InChI is InChI=1S/C25H27NO5/c1-30-19-13-11-16(12-14-19)22-21(23(27)17-7-6-10-20(15-17)31-2)24(28)25(29)26(22)18-8-4-3-5-9-18/h6-7,10-15,18,22,27H,3-5,8-9H2,1-2H3/b23-21-. The molecule has 2 aromatic carbocycles. The van der Waals surface area contributed by atoms with Crippen LogP contribution in [-0.4, -0.2) is 42.0 Å². The van der Waals surface area contributed by atoms with Crippen molar-refractivity contribution in [1.82, 2.24) is 4.90 Å². The normalized spacial score (nSPS) is 21.4. The van der Waals surface area contributed by atoms with Crippen molar-refractivity contribution in [2.24, 2.45) is 0 Å². The number of aliphatic hydroxyl groups excluding tert-OH is 1. The molecule has 1 saturated carbocycles. The van der Waals surface area contributed by atoms with Crippen molar-refractivity contribution in [3.05, 3.63) is 65.2 Å². The van der Waals surface area contributed by atoms with Crippen molar-refractivity contribution in [2.75, 3.05) is 14.2 Å². The van der Waals surface area contributed by atoms with Gasteiger partial charge in [-0.25, -0.2) is 0 Å². The van der Waals surface area contributed by atoms with Crippen LogP contribution in [0.4, 0.5) is 0 Å². The Balaban J connectivity index is 1.86. The minimum atomic E-state index is -0.647. The van der Waals surface area contributed by atoms with Gasteiger partial charge in [-0.2, -0.15) is 0 Å². The molecule has 0 radical (unpaired) electrons. The third-order valence-corrected chi connectivity index (χ3v) is 6.22. The first kappa shape index (κ1) is 21.0. The number of carbonyl (C=O) groups excluding carboxylic acids is 2. The van der Waals surface area contributed by atoms with Crippen LogP contribution in [0, 0.1) is 0 Å². The second kappa shape index (κ2) is 8.84. The molecule has 4 rings (SSSR count). The van der Waals surface area contributed by atoms with E-state index in [1.54, 1.807) is 43.4 Å². The van der Waals surface area contributed by atoms with E-state index in [1.807, 2.05) is 24.3 Å². The van der Waals surface area contributed by atoms with Crippen LogP contribution in [-0.2, 0) is 9.59 Å². The number of hydrogen-bond acceptors (Lipinski definition) is 5. The number of carbonyl (C=O) groups is 2. The number of methoxy groups -OCH3 is 2. The first-order valence-electron chi connectivity index (χ1n) is 10.6. The second-order valence-electron chi connectivity index (χ2n) is 8.00. The number of nitrogens with zero attached hydrogens (tertiary/aromatic N) is 1. The van der Waals surface area contributed by atoms with Gasteiger partial charge in [0.25, 0.3) is 11.7 Å². The Hall–Kier alpha value is -3.28. The van der Waals surface area contributed by atoms with E-state index in [0.29, 0.717) is 17.1 Å². The third kappa shape index (κ3) is 3.90. The lowest BCUT2D eigenvalue weighted by molar-refractivity contribution is -0.141. The van der Waals surface area contributed by atoms with E-state index >= 15 is 0 Å². The minimum absolute atomic E-state index is 0.0205. The zero-order valence-corrected chi connectivity index (χ0v) is 17.8. The van der Waals surface area contributed by atoms with E-state index in [9.17, 15) is 14.7 Å². The highest BCUT2D eigenvalue weighted by Gasteiger charge is 2.48. The van der Waals surface area contributed by atoms with Gasteiger partial charge in [0.05, 0.1) is 25.8 Å². The zero-order chi connectivity index (χ0) is 22.0. The monoisotopic (exact) mass is 421 g/mol. The topological polar surface area (TPSA) is 76.1 Å². The molecule has 1 atom stereocenters. The summed E-state index contributed by atoms with van der Waals surface area (Å²) in [4.78, 5) is 28.0. The number of amides is 1. The van der Waals surface area contributed by atoms with Gasteiger partial charge in [-0.1, -0.05) is 43.5 Å². The molecule has 1 saturated heterocycles. The predicted molar refractivity (Wildman–Crippen MR) is 117 cm³/mol. The number of benzene rings is 2.